The Labute approximate surface area is 133 Å². The Balaban J connectivity index is 1.79. The molecular formula is C16H16N2O3S. The molecule has 2 rings (SSSR count). The number of benzene rings is 2. The molecule has 0 unspecified atom stereocenters. The highest BCUT2D eigenvalue weighted by atomic mass is 32.2. The van der Waals surface area contributed by atoms with Crippen molar-refractivity contribution < 1.29 is 14.6 Å². The third-order valence-electron chi connectivity index (χ3n) is 2.76. The second-order valence-electron chi connectivity index (χ2n) is 4.32. The van der Waals surface area contributed by atoms with Crippen LogP contribution in [0.15, 0.2) is 58.5 Å². The minimum atomic E-state index is -0.215. The van der Waals surface area contributed by atoms with Gasteiger partial charge in [-0.05, 0) is 36.4 Å². The van der Waals surface area contributed by atoms with Gasteiger partial charge in [0.2, 0.25) is 5.91 Å². The number of amides is 1. The zero-order chi connectivity index (χ0) is 15.8. The molecule has 0 aliphatic carbocycles. The predicted octanol–water partition coefficient (Wildman–Crippen LogP) is 2.64. The first-order chi connectivity index (χ1) is 10.7. The van der Waals surface area contributed by atoms with Gasteiger partial charge < -0.3 is 9.84 Å². The molecule has 6 heteroatoms. The molecule has 0 bridgehead atoms. The number of phenols is 1. The van der Waals surface area contributed by atoms with E-state index < -0.39 is 0 Å². The number of thioether (sulfide) groups is 1. The van der Waals surface area contributed by atoms with Gasteiger partial charge in [-0.3, -0.25) is 4.79 Å². The molecule has 1 amide bonds. The van der Waals surface area contributed by atoms with Crippen LogP contribution in [0.1, 0.15) is 5.56 Å². The lowest BCUT2D eigenvalue weighted by atomic mass is 10.2. The van der Waals surface area contributed by atoms with Gasteiger partial charge in [0.05, 0.1) is 19.1 Å². The van der Waals surface area contributed by atoms with Crippen LogP contribution < -0.4 is 10.2 Å². The standard InChI is InChI=1S/C16H16N2O3S/c1-21-13-6-8-14(9-7-13)22-11-16(20)18-17-10-12-4-2-3-5-15(12)19/h2-10,19H,11H2,1H3,(H,18,20)/b17-10-. The van der Waals surface area contributed by atoms with Gasteiger partial charge in [0, 0.05) is 10.5 Å². The van der Waals surface area contributed by atoms with Crippen LogP contribution in [0, 0.1) is 0 Å². The molecule has 0 atom stereocenters. The van der Waals surface area contributed by atoms with Gasteiger partial charge in [-0.15, -0.1) is 11.8 Å². The van der Waals surface area contributed by atoms with Crippen LogP contribution in [0.25, 0.3) is 0 Å². The first kappa shape index (κ1) is 15.9. The van der Waals surface area contributed by atoms with Crippen molar-refractivity contribution in [2.45, 2.75) is 4.90 Å². The Kier molecular flexibility index (Phi) is 5.85. The van der Waals surface area contributed by atoms with E-state index >= 15 is 0 Å². The van der Waals surface area contributed by atoms with Crippen molar-refractivity contribution in [1.29, 1.82) is 0 Å². The van der Waals surface area contributed by atoms with E-state index in [1.807, 2.05) is 24.3 Å². The lowest BCUT2D eigenvalue weighted by Crippen LogP contribution is -2.19. The number of hydrogen-bond acceptors (Lipinski definition) is 5. The zero-order valence-corrected chi connectivity index (χ0v) is 12.8. The highest BCUT2D eigenvalue weighted by Crippen LogP contribution is 2.20. The minimum absolute atomic E-state index is 0.119. The summed E-state index contributed by atoms with van der Waals surface area (Å²) in [4.78, 5) is 12.7. The minimum Gasteiger partial charge on any atom is -0.507 e. The molecule has 22 heavy (non-hydrogen) atoms. The number of hydrazone groups is 1. The van der Waals surface area contributed by atoms with Gasteiger partial charge in [-0.2, -0.15) is 5.10 Å². The number of nitrogens with one attached hydrogen (secondary N) is 1. The largest absolute Gasteiger partial charge is 0.507 e. The summed E-state index contributed by atoms with van der Waals surface area (Å²) in [6.45, 7) is 0. The van der Waals surface area contributed by atoms with E-state index in [4.69, 9.17) is 4.74 Å². The third kappa shape index (κ3) is 4.82. The smallest absolute Gasteiger partial charge is 0.250 e. The van der Waals surface area contributed by atoms with Crippen molar-refractivity contribution in [3.63, 3.8) is 0 Å². The van der Waals surface area contributed by atoms with Crippen molar-refractivity contribution in [2.75, 3.05) is 12.9 Å². The molecule has 5 nitrogen and oxygen atoms in total. The summed E-state index contributed by atoms with van der Waals surface area (Å²) in [5.41, 5.74) is 2.97. The van der Waals surface area contributed by atoms with Crippen molar-refractivity contribution in [1.82, 2.24) is 5.43 Å². The first-order valence-electron chi connectivity index (χ1n) is 6.56. The van der Waals surface area contributed by atoms with Crippen LogP contribution in [-0.2, 0) is 4.79 Å². The second-order valence-corrected chi connectivity index (χ2v) is 5.36. The van der Waals surface area contributed by atoms with E-state index in [1.54, 1.807) is 31.4 Å². The molecule has 0 saturated carbocycles. The van der Waals surface area contributed by atoms with Gasteiger partial charge in [0.15, 0.2) is 0 Å². The molecular weight excluding hydrogens is 300 g/mol. The van der Waals surface area contributed by atoms with Gasteiger partial charge >= 0.3 is 0 Å². The van der Waals surface area contributed by atoms with Crippen LogP contribution in [0.5, 0.6) is 11.5 Å². The average molecular weight is 316 g/mol. The number of carbonyl (C=O) groups excluding carboxylic acids is 1. The number of aromatic hydroxyl groups is 1. The zero-order valence-electron chi connectivity index (χ0n) is 12.0. The second kappa shape index (κ2) is 8.09. The van der Waals surface area contributed by atoms with E-state index in [0.29, 0.717) is 5.56 Å². The van der Waals surface area contributed by atoms with E-state index in [0.717, 1.165) is 10.6 Å². The fourth-order valence-electron chi connectivity index (χ4n) is 1.62. The average Bonchev–Trinajstić information content (AvgIpc) is 2.55. The molecule has 2 aromatic carbocycles. The lowest BCUT2D eigenvalue weighted by Gasteiger charge is -2.03. The molecule has 0 aromatic heterocycles. The molecule has 0 aliphatic heterocycles. The van der Waals surface area contributed by atoms with Crippen LogP contribution in [0.2, 0.25) is 0 Å². The molecule has 0 saturated heterocycles. The monoisotopic (exact) mass is 316 g/mol. The predicted molar refractivity (Wildman–Crippen MR) is 87.6 cm³/mol. The van der Waals surface area contributed by atoms with Crippen molar-refractivity contribution in [3.8, 4) is 11.5 Å². The van der Waals surface area contributed by atoms with Crippen molar-refractivity contribution >= 4 is 23.9 Å². The quantitative estimate of drug-likeness (QED) is 0.488. The Bertz CT molecular complexity index is 657. The lowest BCUT2D eigenvalue weighted by molar-refractivity contribution is -0.118. The summed E-state index contributed by atoms with van der Waals surface area (Å²) in [6.07, 6.45) is 1.41. The van der Waals surface area contributed by atoms with Crippen molar-refractivity contribution in [3.05, 3.63) is 54.1 Å². The summed E-state index contributed by atoms with van der Waals surface area (Å²) >= 11 is 1.41. The number of phenolic OH excluding ortho intramolecular Hbond substituents is 1. The molecule has 2 N–H and O–H groups in total. The normalized spacial score (nSPS) is 10.6. The summed E-state index contributed by atoms with van der Waals surface area (Å²) < 4.78 is 5.07. The highest BCUT2D eigenvalue weighted by molar-refractivity contribution is 8.00. The van der Waals surface area contributed by atoms with Gasteiger partial charge in [-0.25, -0.2) is 5.43 Å². The van der Waals surface area contributed by atoms with Gasteiger partial charge in [-0.1, -0.05) is 12.1 Å². The molecule has 0 fully saturated rings. The van der Waals surface area contributed by atoms with Crippen molar-refractivity contribution in [2.24, 2.45) is 5.10 Å². The summed E-state index contributed by atoms with van der Waals surface area (Å²) in [7, 11) is 1.61. The number of para-hydroxylation sites is 1. The van der Waals surface area contributed by atoms with E-state index in [2.05, 4.69) is 10.5 Å². The molecule has 0 aliphatic rings. The summed E-state index contributed by atoms with van der Waals surface area (Å²) in [6, 6.07) is 14.2. The van der Waals surface area contributed by atoms with E-state index in [1.165, 1.54) is 18.0 Å². The molecule has 2 aromatic rings. The van der Waals surface area contributed by atoms with E-state index in [-0.39, 0.29) is 17.4 Å². The van der Waals surface area contributed by atoms with E-state index in [9.17, 15) is 9.90 Å². The number of ether oxygens (including phenoxy) is 1. The fraction of sp³-hybridized carbons (Fsp3) is 0.125. The topological polar surface area (TPSA) is 70.9 Å². The SMILES string of the molecule is COc1ccc(SCC(=O)N/N=C\c2ccccc2O)cc1. The summed E-state index contributed by atoms with van der Waals surface area (Å²) in [5, 5.41) is 13.4. The number of carbonyl (C=O) groups is 1. The number of hydrogen-bond donors (Lipinski definition) is 2. The van der Waals surface area contributed by atoms with Gasteiger partial charge in [0.25, 0.3) is 0 Å². The Hall–Kier alpha value is -2.47. The Morgan fingerprint density at radius 1 is 1.27 bits per heavy atom. The Morgan fingerprint density at radius 2 is 2.00 bits per heavy atom. The van der Waals surface area contributed by atoms with Crippen LogP contribution in [0.4, 0.5) is 0 Å². The fourth-order valence-corrected chi connectivity index (χ4v) is 2.31. The number of nitrogens with zero attached hydrogens (tertiary/aromatic N) is 1. The maximum absolute atomic E-state index is 11.7. The first-order valence-corrected chi connectivity index (χ1v) is 7.54. The van der Waals surface area contributed by atoms with Crippen LogP contribution >= 0.6 is 11.8 Å². The summed E-state index contributed by atoms with van der Waals surface area (Å²) in [5.74, 6) is 0.937. The number of rotatable bonds is 6. The Morgan fingerprint density at radius 3 is 2.68 bits per heavy atom. The third-order valence-corrected chi connectivity index (χ3v) is 3.77. The molecule has 0 spiro atoms. The highest BCUT2D eigenvalue weighted by Gasteiger charge is 2.02. The molecule has 114 valence electrons. The van der Waals surface area contributed by atoms with Crippen LogP contribution in [0.3, 0.4) is 0 Å². The van der Waals surface area contributed by atoms with Gasteiger partial charge in [0.1, 0.15) is 11.5 Å². The maximum atomic E-state index is 11.7. The molecule has 0 heterocycles. The maximum Gasteiger partial charge on any atom is 0.250 e. The molecule has 0 radical (unpaired) electrons. The van der Waals surface area contributed by atoms with Crippen LogP contribution in [-0.4, -0.2) is 30.1 Å². The number of methoxy groups -OCH3 is 1.